The average molecular weight is 291 g/mol. The SMILES string of the molecule is Cc1ccc([C@H](N)C(C)(C)CO)c(O)c1[N+](=O)[O-].Cl. The molecule has 108 valence electrons. The molecule has 0 radical (unpaired) electrons. The molecule has 1 atom stereocenters. The van der Waals surface area contributed by atoms with E-state index in [1.807, 2.05) is 0 Å². The molecular formula is C12H19ClN2O4. The standard InChI is InChI=1S/C12H18N2O4.ClH/c1-7-4-5-8(10(16)9(7)14(17)18)11(13)12(2,3)6-15;/h4-5,11,15-16H,6,13H2,1-3H3;1H/t11-;/m0./s1. The Labute approximate surface area is 117 Å². The number of nitrogens with two attached hydrogens (primary N) is 1. The predicted octanol–water partition coefficient (Wildman–Crippen LogP) is 2.05. The summed E-state index contributed by atoms with van der Waals surface area (Å²) in [6.45, 7) is 4.81. The van der Waals surface area contributed by atoms with Crippen LogP contribution in [-0.4, -0.2) is 21.7 Å². The summed E-state index contributed by atoms with van der Waals surface area (Å²) < 4.78 is 0. The molecule has 0 aliphatic heterocycles. The van der Waals surface area contributed by atoms with E-state index >= 15 is 0 Å². The van der Waals surface area contributed by atoms with Gasteiger partial charge < -0.3 is 15.9 Å². The number of phenolic OH excluding ortho intramolecular Hbond substituents is 1. The number of phenols is 1. The van der Waals surface area contributed by atoms with Gasteiger partial charge in [-0.3, -0.25) is 10.1 Å². The Morgan fingerprint density at radius 3 is 2.42 bits per heavy atom. The van der Waals surface area contributed by atoms with Crippen molar-refractivity contribution < 1.29 is 15.1 Å². The zero-order chi connectivity index (χ0) is 14.1. The lowest BCUT2D eigenvalue weighted by molar-refractivity contribution is -0.386. The van der Waals surface area contributed by atoms with Crippen LogP contribution in [-0.2, 0) is 0 Å². The Morgan fingerprint density at radius 1 is 1.47 bits per heavy atom. The minimum atomic E-state index is -0.693. The van der Waals surface area contributed by atoms with E-state index in [0.717, 1.165) is 0 Å². The molecule has 0 amide bonds. The van der Waals surface area contributed by atoms with E-state index in [-0.39, 0.29) is 30.3 Å². The van der Waals surface area contributed by atoms with Crippen molar-refractivity contribution in [1.82, 2.24) is 0 Å². The molecule has 1 aromatic rings. The van der Waals surface area contributed by atoms with Crippen LogP contribution >= 0.6 is 12.4 Å². The molecule has 1 aromatic carbocycles. The zero-order valence-corrected chi connectivity index (χ0v) is 11.9. The van der Waals surface area contributed by atoms with Crippen molar-refractivity contribution in [1.29, 1.82) is 0 Å². The van der Waals surface area contributed by atoms with E-state index in [9.17, 15) is 20.3 Å². The summed E-state index contributed by atoms with van der Waals surface area (Å²) in [4.78, 5) is 10.3. The number of rotatable bonds is 4. The van der Waals surface area contributed by atoms with Gasteiger partial charge in [0.25, 0.3) is 0 Å². The minimum Gasteiger partial charge on any atom is -0.502 e. The maximum atomic E-state index is 10.9. The molecule has 0 aliphatic rings. The molecule has 0 unspecified atom stereocenters. The van der Waals surface area contributed by atoms with Gasteiger partial charge in [0, 0.05) is 29.2 Å². The second-order valence-corrected chi connectivity index (χ2v) is 5.05. The van der Waals surface area contributed by atoms with Gasteiger partial charge in [-0.2, -0.15) is 0 Å². The van der Waals surface area contributed by atoms with Crippen LogP contribution in [0.3, 0.4) is 0 Å². The summed E-state index contributed by atoms with van der Waals surface area (Å²) >= 11 is 0. The van der Waals surface area contributed by atoms with E-state index in [2.05, 4.69) is 0 Å². The Bertz CT molecular complexity index is 477. The minimum absolute atomic E-state index is 0. The Morgan fingerprint density at radius 2 is 2.00 bits per heavy atom. The van der Waals surface area contributed by atoms with Gasteiger partial charge in [-0.1, -0.05) is 26.0 Å². The number of hydrogen-bond acceptors (Lipinski definition) is 5. The highest BCUT2D eigenvalue weighted by molar-refractivity contribution is 5.85. The van der Waals surface area contributed by atoms with Crippen molar-refractivity contribution in [2.45, 2.75) is 26.8 Å². The maximum Gasteiger partial charge on any atom is 0.313 e. The largest absolute Gasteiger partial charge is 0.502 e. The average Bonchev–Trinajstić information content (AvgIpc) is 2.28. The number of benzene rings is 1. The first-order valence-corrected chi connectivity index (χ1v) is 5.55. The first-order valence-electron chi connectivity index (χ1n) is 5.55. The molecular weight excluding hydrogens is 272 g/mol. The molecule has 19 heavy (non-hydrogen) atoms. The number of nitrogens with zero attached hydrogens (tertiary/aromatic N) is 1. The Balaban J connectivity index is 0.00000324. The van der Waals surface area contributed by atoms with Crippen LogP contribution in [0.25, 0.3) is 0 Å². The van der Waals surface area contributed by atoms with Crippen molar-refractivity contribution in [2.75, 3.05) is 6.61 Å². The van der Waals surface area contributed by atoms with E-state index in [0.29, 0.717) is 5.56 Å². The van der Waals surface area contributed by atoms with E-state index < -0.39 is 22.1 Å². The molecule has 0 aromatic heterocycles. The number of halogens is 1. The van der Waals surface area contributed by atoms with E-state index in [1.165, 1.54) is 0 Å². The number of nitro benzene ring substituents is 1. The lowest BCUT2D eigenvalue weighted by Crippen LogP contribution is -2.32. The molecule has 7 heteroatoms. The summed E-state index contributed by atoms with van der Waals surface area (Å²) in [6, 6.07) is 2.40. The third-order valence-corrected chi connectivity index (χ3v) is 3.15. The maximum absolute atomic E-state index is 10.9. The molecule has 0 saturated carbocycles. The molecule has 6 nitrogen and oxygen atoms in total. The van der Waals surface area contributed by atoms with Gasteiger partial charge in [-0.15, -0.1) is 12.4 Å². The molecule has 1 rings (SSSR count). The molecule has 0 spiro atoms. The van der Waals surface area contributed by atoms with Crippen LogP contribution in [0.5, 0.6) is 5.75 Å². The van der Waals surface area contributed by atoms with Crippen molar-refractivity contribution >= 4 is 18.1 Å². The Kier molecular flexibility index (Phi) is 5.74. The lowest BCUT2D eigenvalue weighted by atomic mass is 9.81. The monoisotopic (exact) mass is 290 g/mol. The van der Waals surface area contributed by atoms with Gasteiger partial charge in [-0.25, -0.2) is 0 Å². The molecule has 0 fully saturated rings. The van der Waals surface area contributed by atoms with Gasteiger partial charge in [0.05, 0.1) is 4.92 Å². The van der Waals surface area contributed by atoms with Crippen LogP contribution < -0.4 is 5.73 Å². The third kappa shape index (κ3) is 3.34. The molecule has 0 heterocycles. The number of aliphatic hydroxyl groups is 1. The van der Waals surface area contributed by atoms with Crippen molar-refractivity contribution in [3.8, 4) is 5.75 Å². The molecule has 4 N–H and O–H groups in total. The summed E-state index contributed by atoms with van der Waals surface area (Å²) in [5, 5.41) is 30.1. The second kappa shape index (κ2) is 6.18. The fourth-order valence-electron chi connectivity index (χ4n) is 1.70. The highest BCUT2D eigenvalue weighted by Crippen LogP contribution is 2.40. The first-order chi connectivity index (χ1) is 8.22. The van der Waals surface area contributed by atoms with Crippen LogP contribution in [0.15, 0.2) is 12.1 Å². The van der Waals surface area contributed by atoms with Crippen molar-refractivity contribution in [3.63, 3.8) is 0 Å². The summed E-state index contributed by atoms with van der Waals surface area (Å²) in [5.74, 6) is -0.422. The normalized spacial score (nSPS) is 12.7. The number of nitro groups is 1. The third-order valence-electron chi connectivity index (χ3n) is 3.15. The fourth-order valence-corrected chi connectivity index (χ4v) is 1.70. The van der Waals surface area contributed by atoms with E-state index in [4.69, 9.17) is 5.73 Å². The van der Waals surface area contributed by atoms with Crippen LogP contribution in [0, 0.1) is 22.5 Å². The zero-order valence-electron chi connectivity index (χ0n) is 11.1. The first kappa shape index (κ1) is 17.6. The van der Waals surface area contributed by atoms with Gasteiger partial charge >= 0.3 is 5.69 Å². The summed E-state index contributed by atoms with van der Waals surface area (Å²) in [6.07, 6.45) is 0. The second-order valence-electron chi connectivity index (χ2n) is 5.05. The van der Waals surface area contributed by atoms with Gasteiger partial charge in [0.2, 0.25) is 0 Å². The van der Waals surface area contributed by atoms with Crippen molar-refractivity contribution in [2.24, 2.45) is 11.1 Å². The van der Waals surface area contributed by atoms with Crippen LogP contribution in [0.1, 0.15) is 31.0 Å². The molecule has 0 saturated heterocycles. The smallest absolute Gasteiger partial charge is 0.313 e. The predicted molar refractivity (Wildman–Crippen MR) is 74.5 cm³/mol. The lowest BCUT2D eigenvalue weighted by Gasteiger charge is -2.30. The highest BCUT2D eigenvalue weighted by atomic mass is 35.5. The fraction of sp³-hybridized carbons (Fsp3) is 0.500. The number of aryl methyl sites for hydroxylation is 1. The summed E-state index contributed by atoms with van der Waals surface area (Å²) in [5.41, 5.74) is 5.58. The number of aliphatic hydroxyl groups excluding tert-OH is 1. The number of hydrogen-bond donors (Lipinski definition) is 3. The number of aromatic hydroxyl groups is 1. The molecule has 0 aliphatic carbocycles. The summed E-state index contributed by atoms with van der Waals surface area (Å²) in [7, 11) is 0. The van der Waals surface area contributed by atoms with E-state index in [1.54, 1.807) is 32.9 Å². The van der Waals surface area contributed by atoms with Crippen molar-refractivity contribution in [3.05, 3.63) is 33.4 Å². The van der Waals surface area contributed by atoms with Gasteiger partial charge in [-0.05, 0) is 6.92 Å². The van der Waals surface area contributed by atoms with Gasteiger partial charge in [0.1, 0.15) is 0 Å². The Hall–Kier alpha value is -1.37. The quantitative estimate of drug-likeness (QED) is 0.581. The van der Waals surface area contributed by atoms with Crippen LogP contribution in [0.4, 0.5) is 5.69 Å². The van der Waals surface area contributed by atoms with Gasteiger partial charge in [0.15, 0.2) is 5.75 Å². The highest BCUT2D eigenvalue weighted by Gasteiger charge is 2.32. The van der Waals surface area contributed by atoms with Crippen LogP contribution in [0.2, 0.25) is 0 Å². The topological polar surface area (TPSA) is 110 Å². The molecule has 0 bridgehead atoms.